The summed E-state index contributed by atoms with van der Waals surface area (Å²) in [7, 11) is 3.49. The molecule has 138 valence electrons. The average Bonchev–Trinajstić information content (AvgIpc) is 2.73. The van der Waals surface area contributed by atoms with Crippen LogP contribution in [0, 0.1) is 0 Å². The maximum absolute atomic E-state index is 13.0. The van der Waals surface area contributed by atoms with Gasteiger partial charge in [0.15, 0.2) is 0 Å². The molecule has 1 amide bonds. The number of anilines is 2. The highest BCUT2D eigenvalue weighted by Crippen LogP contribution is 2.21. The van der Waals surface area contributed by atoms with E-state index in [0.717, 1.165) is 11.3 Å². The molecule has 5 nitrogen and oxygen atoms in total. The molecule has 0 heterocycles. The highest BCUT2D eigenvalue weighted by atomic mass is 16.5. The quantitative estimate of drug-likeness (QED) is 0.624. The number of hydrogen-bond acceptors (Lipinski definition) is 4. The summed E-state index contributed by atoms with van der Waals surface area (Å²) in [6.07, 6.45) is 0. The Morgan fingerprint density at radius 1 is 0.926 bits per heavy atom. The predicted octanol–water partition coefficient (Wildman–Crippen LogP) is 4.02. The minimum atomic E-state index is -0.553. The van der Waals surface area contributed by atoms with E-state index in [1.807, 2.05) is 90.9 Å². The summed E-state index contributed by atoms with van der Waals surface area (Å²) in [4.78, 5) is 13.0. The number of benzene rings is 3. The molecule has 0 spiro atoms. The van der Waals surface area contributed by atoms with Crippen LogP contribution in [0.1, 0.15) is 11.6 Å². The molecule has 0 aliphatic carbocycles. The number of nitrogens with zero attached hydrogens (tertiary/aromatic N) is 1. The Hall–Kier alpha value is -3.31. The lowest BCUT2D eigenvalue weighted by atomic mass is 10.1. The van der Waals surface area contributed by atoms with Gasteiger partial charge in [-0.1, -0.05) is 54.6 Å². The number of amides is 1. The van der Waals surface area contributed by atoms with E-state index in [4.69, 9.17) is 4.74 Å². The van der Waals surface area contributed by atoms with Gasteiger partial charge in [0.1, 0.15) is 11.8 Å². The van der Waals surface area contributed by atoms with Gasteiger partial charge in [0.25, 0.3) is 0 Å². The van der Waals surface area contributed by atoms with Crippen molar-refractivity contribution >= 4 is 17.3 Å². The third kappa shape index (κ3) is 4.86. The van der Waals surface area contributed by atoms with Crippen LogP contribution >= 0.6 is 0 Å². The second-order valence-electron chi connectivity index (χ2n) is 6.09. The van der Waals surface area contributed by atoms with Gasteiger partial charge in [0.2, 0.25) is 5.91 Å². The summed E-state index contributed by atoms with van der Waals surface area (Å²) in [5.41, 5.74) is 5.81. The standard InChI is InChI=1S/C22H23N3O2/c1-25(19-13-7-4-8-14-19)24-21(17-10-5-3-6-11-17)22(26)23-18-12-9-15-20(16-18)27-2/h3-16,21,24H,1-2H3,(H,23,26)/t21-/m1/s1. The van der Waals surface area contributed by atoms with Crippen molar-refractivity contribution < 1.29 is 9.53 Å². The Morgan fingerprint density at radius 2 is 1.59 bits per heavy atom. The van der Waals surface area contributed by atoms with E-state index >= 15 is 0 Å². The van der Waals surface area contributed by atoms with Crippen LogP contribution in [0.3, 0.4) is 0 Å². The number of carbonyl (C=O) groups excluding carboxylic acids is 1. The molecule has 2 N–H and O–H groups in total. The van der Waals surface area contributed by atoms with Crippen molar-refractivity contribution in [2.75, 3.05) is 24.5 Å². The first-order chi connectivity index (χ1) is 13.2. The lowest BCUT2D eigenvalue weighted by Gasteiger charge is -2.27. The molecule has 1 atom stereocenters. The monoisotopic (exact) mass is 361 g/mol. The van der Waals surface area contributed by atoms with Crippen molar-refractivity contribution in [3.8, 4) is 5.75 Å². The van der Waals surface area contributed by atoms with Gasteiger partial charge < -0.3 is 15.1 Å². The minimum Gasteiger partial charge on any atom is -0.497 e. The number of para-hydroxylation sites is 1. The molecule has 0 aliphatic rings. The Morgan fingerprint density at radius 3 is 2.26 bits per heavy atom. The molecule has 0 aromatic heterocycles. The maximum Gasteiger partial charge on any atom is 0.247 e. The van der Waals surface area contributed by atoms with Crippen molar-refractivity contribution in [2.24, 2.45) is 0 Å². The summed E-state index contributed by atoms with van der Waals surface area (Å²) in [5.74, 6) is 0.538. The molecule has 0 unspecified atom stereocenters. The van der Waals surface area contributed by atoms with E-state index in [2.05, 4.69) is 10.7 Å². The number of carbonyl (C=O) groups is 1. The first kappa shape index (κ1) is 18.5. The molecule has 0 saturated heterocycles. The maximum atomic E-state index is 13.0. The molecule has 0 bridgehead atoms. The summed E-state index contributed by atoms with van der Waals surface area (Å²) in [5, 5.41) is 4.81. The van der Waals surface area contributed by atoms with E-state index < -0.39 is 6.04 Å². The number of hydrogen-bond donors (Lipinski definition) is 2. The Labute approximate surface area is 159 Å². The number of rotatable bonds is 7. The molecular weight excluding hydrogens is 338 g/mol. The van der Waals surface area contributed by atoms with E-state index in [9.17, 15) is 4.79 Å². The fourth-order valence-corrected chi connectivity index (χ4v) is 2.77. The third-order valence-corrected chi connectivity index (χ3v) is 4.20. The van der Waals surface area contributed by atoms with Crippen molar-refractivity contribution in [3.05, 3.63) is 90.5 Å². The van der Waals surface area contributed by atoms with Crippen LogP contribution in [0.4, 0.5) is 11.4 Å². The molecule has 0 radical (unpaired) electrons. The van der Waals surface area contributed by atoms with Crippen LogP contribution in [0.15, 0.2) is 84.9 Å². The van der Waals surface area contributed by atoms with E-state index in [1.54, 1.807) is 13.2 Å². The van der Waals surface area contributed by atoms with Gasteiger partial charge in [0, 0.05) is 18.8 Å². The summed E-state index contributed by atoms with van der Waals surface area (Å²) in [6, 6.07) is 26.2. The van der Waals surface area contributed by atoms with Crippen LogP contribution in [-0.4, -0.2) is 20.1 Å². The van der Waals surface area contributed by atoms with Crippen LogP contribution in [0.25, 0.3) is 0 Å². The zero-order valence-electron chi connectivity index (χ0n) is 15.4. The smallest absolute Gasteiger partial charge is 0.247 e. The first-order valence-electron chi connectivity index (χ1n) is 8.72. The van der Waals surface area contributed by atoms with Gasteiger partial charge >= 0.3 is 0 Å². The zero-order valence-corrected chi connectivity index (χ0v) is 15.4. The first-order valence-corrected chi connectivity index (χ1v) is 8.72. The number of ether oxygens (including phenoxy) is 1. The average molecular weight is 361 g/mol. The van der Waals surface area contributed by atoms with Gasteiger partial charge in [-0.05, 0) is 29.8 Å². The lowest BCUT2D eigenvalue weighted by molar-refractivity contribution is -0.118. The highest BCUT2D eigenvalue weighted by Gasteiger charge is 2.22. The molecule has 5 heteroatoms. The topological polar surface area (TPSA) is 53.6 Å². The van der Waals surface area contributed by atoms with Crippen LogP contribution in [0.5, 0.6) is 5.75 Å². The predicted molar refractivity (Wildman–Crippen MR) is 109 cm³/mol. The van der Waals surface area contributed by atoms with Crippen molar-refractivity contribution in [1.82, 2.24) is 5.43 Å². The molecule has 0 fully saturated rings. The molecule has 3 aromatic carbocycles. The normalized spacial score (nSPS) is 11.5. The fraction of sp³-hybridized carbons (Fsp3) is 0.136. The van der Waals surface area contributed by atoms with Gasteiger partial charge in [-0.3, -0.25) is 4.79 Å². The minimum absolute atomic E-state index is 0.155. The number of hydrazine groups is 1. The molecule has 3 aromatic rings. The van der Waals surface area contributed by atoms with E-state index in [1.165, 1.54) is 0 Å². The lowest BCUT2D eigenvalue weighted by Crippen LogP contribution is -2.43. The second kappa shape index (κ2) is 8.87. The van der Waals surface area contributed by atoms with Crippen molar-refractivity contribution in [1.29, 1.82) is 0 Å². The number of methoxy groups -OCH3 is 1. The van der Waals surface area contributed by atoms with Gasteiger partial charge in [-0.15, -0.1) is 0 Å². The SMILES string of the molecule is COc1cccc(NC(=O)[C@H](NN(C)c2ccccc2)c2ccccc2)c1. The summed E-state index contributed by atoms with van der Waals surface area (Å²) < 4.78 is 5.23. The van der Waals surface area contributed by atoms with Gasteiger partial charge in [0.05, 0.1) is 12.8 Å². The van der Waals surface area contributed by atoms with Crippen LogP contribution < -0.4 is 20.5 Å². The molecular formula is C22H23N3O2. The van der Waals surface area contributed by atoms with Crippen molar-refractivity contribution in [2.45, 2.75) is 6.04 Å². The van der Waals surface area contributed by atoms with Crippen LogP contribution in [0.2, 0.25) is 0 Å². The second-order valence-corrected chi connectivity index (χ2v) is 6.09. The van der Waals surface area contributed by atoms with Crippen molar-refractivity contribution in [3.63, 3.8) is 0 Å². The Balaban J connectivity index is 1.82. The molecule has 0 saturated carbocycles. The summed E-state index contributed by atoms with van der Waals surface area (Å²) >= 11 is 0. The zero-order chi connectivity index (χ0) is 19.1. The van der Waals surface area contributed by atoms with Gasteiger partial charge in [-0.25, -0.2) is 5.43 Å². The molecule has 27 heavy (non-hydrogen) atoms. The largest absolute Gasteiger partial charge is 0.497 e. The van der Waals surface area contributed by atoms with Gasteiger partial charge in [-0.2, -0.15) is 0 Å². The summed E-state index contributed by atoms with van der Waals surface area (Å²) in [6.45, 7) is 0. The van der Waals surface area contributed by atoms with E-state index in [-0.39, 0.29) is 5.91 Å². The highest BCUT2D eigenvalue weighted by molar-refractivity contribution is 5.95. The molecule has 3 rings (SSSR count). The van der Waals surface area contributed by atoms with Crippen LogP contribution in [-0.2, 0) is 4.79 Å². The third-order valence-electron chi connectivity index (χ3n) is 4.20. The van der Waals surface area contributed by atoms with E-state index in [0.29, 0.717) is 11.4 Å². The number of nitrogens with one attached hydrogen (secondary N) is 2. The fourth-order valence-electron chi connectivity index (χ4n) is 2.77. The Bertz CT molecular complexity index is 869. The molecule has 0 aliphatic heterocycles. The Kier molecular flexibility index (Phi) is 6.07.